The lowest BCUT2D eigenvalue weighted by Gasteiger charge is -2.18. The Kier molecular flexibility index (Phi) is 9.28. The van der Waals surface area contributed by atoms with Gasteiger partial charge in [0.2, 0.25) is 0 Å². The van der Waals surface area contributed by atoms with Crippen LogP contribution in [0.1, 0.15) is 6.92 Å². The first-order valence-corrected chi connectivity index (χ1v) is 5.82. The van der Waals surface area contributed by atoms with Gasteiger partial charge >= 0.3 is 18.3 Å². The van der Waals surface area contributed by atoms with E-state index < -0.39 is 29.6 Å². The SMILES string of the molecule is CCOC(=O)/C(=C\N(C)C)C(=[N+](C)C)C(F)(F)C(F)F.[Cl-]. The molecule has 0 N–H and O–H groups in total. The number of carbonyl (C=O) groups excluding carboxylic acids is 1. The van der Waals surface area contributed by atoms with E-state index in [0.29, 0.717) is 0 Å². The van der Waals surface area contributed by atoms with Crippen molar-refractivity contribution < 1.29 is 44.1 Å². The molecular weight excluding hydrogens is 316 g/mol. The second-order valence-electron chi connectivity index (χ2n) is 4.39. The standard InChI is InChI=1S/C12H19F4N2O2.ClH/c1-6-20-10(19)8(7-17(2)3)9(18(4)5)12(15,16)11(13)14;/h7,11H,6H2,1-5H3;1H/q+1;/p-1. The zero-order valence-electron chi connectivity index (χ0n) is 12.5. The van der Waals surface area contributed by atoms with Crippen LogP contribution in [0.3, 0.4) is 0 Å². The number of nitrogens with zero attached hydrogens (tertiary/aromatic N) is 2. The molecule has 9 heteroatoms. The van der Waals surface area contributed by atoms with E-state index >= 15 is 0 Å². The number of rotatable bonds is 6. The van der Waals surface area contributed by atoms with E-state index in [-0.39, 0.29) is 19.0 Å². The van der Waals surface area contributed by atoms with Crippen LogP contribution in [0.2, 0.25) is 0 Å². The van der Waals surface area contributed by atoms with E-state index in [0.717, 1.165) is 24.9 Å². The Morgan fingerprint density at radius 1 is 1.33 bits per heavy atom. The molecule has 0 aromatic heterocycles. The highest BCUT2D eigenvalue weighted by Gasteiger charge is 2.54. The summed E-state index contributed by atoms with van der Waals surface area (Å²) in [5.74, 6) is -5.54. The zero-order chi connectivity index (χ0) is 16.1. The summed E-state index contributed by atoms with van der Waals surface area (Å²) < 4.78 is 57.9. The summed E-state index contributed by atoms with van der Waals surface area (Å²) in [4.78, 5) is 13.1. The smallest absolute Gasteiger partial charge is 0.389 e. The van der Waals surface area contributed by atoms with Crippen molar-refractivity contribution in [3.63, 3.8) is 0 Å². The molecule has 124 valence electrons. The Morgan fingerprint density at radius 3 is 2.10 bits per heavy atom. The molecule has 0 atom stereocenters. The minimum atomic E-state index is -4.46. The van der Waals surface area contributed by atoms with Gasteiger partial charge in [0.1, 0.15) is 19.7 Å². The summed E-state index contributed by atoms with van der Waals surface area (Å²) in [6.45, 7) is 1.44. The van der Waals surface area contributed by atoms with Gasteiger partial charge in [-0.25, -0.2) is 18.2 Å². The number of halogens is 5. The van der Waals surface area contributed by atoms with Crippen LogP contribution in [0.5, 0.6) is 0 Å². The third-order valence-electron chi connectivity index (χ3n) is 2.17. The Bertz CT molecular complexity index is 419. The fourth-order valence-corrected chi connectivity index (χ4v) is 1.50. The zero-order valence-corrected chi connectivity index (χ0v) is 13.2. The second kappa shape index (κ2) is 8.86. The van der Waals surface area contributed by atoms with Gasteiger partial charge < -0.3 is 22.0 Å². The first-order valence-electron chi connectivity index (χ1n) is 5.82. The Morgan fingerprint density at radius 2 is 1.81 bits per heavy atom. The summed E-state index contributed by atoms with van der Waals surface area (Å²) in [5.41, 5.74) is -1.69. The second-order valence-corrected chi connectivity index (χ2v) is 4.39. The predicted octanol–water partition coefficient (Wildman–Crippen LogP) is -1.39. The number of hydrogen-bond acceptors (Lipinski definition) is 3. The molecule has 0 heterocycles. The number of ether oxygens (including phenoxy) is 1. The van der Waals surface area contributed by atoms with Gasteiger partial charge in [0, 0.05) is 20.3 Å². The van der Waals surface area contributed by atoms with Crippen molar-refractivity contribution in [2.24, 2.45) is 0 Å². The highest BCUT2D eigenvalue weighted by Crippen LogP contribution is 2.28. The highest BCUT2D eigenvalue weighted by atomic mass is 35.5. The molecule has 4 nitrogen and oxygen atoms in total. The summed E-state index contributed by atoms with van der Waals surface area (Å²) in [5, 5.41) is 0. The molecular formula is C12H19ClF4N2O2. The van der Waals surface area contributed by atoms with Crippen LogP contribution >= 0.6 is 0 Å². The molecule has 0 spiro atoms. The van der Waals surface area contributed by atoms with Crippen molar-refractivity contribution in [3.8, 4) is 0 Å². The van der Waals surface area contributed by atoms with Crippen molar-refractivity contribution in [2.45, 2.75) is 19.3 Å². The van der Waals surface area contributed by atoms with E-state index in [1.165, 1.54) is 25.9 Å². The molecule has 0 amide bonds. The van der Waals surface area contributed by atoms with Crippen molar-refractivity contribution >= 4 is 11.7 Å². The topological polar surface area (TPSA) is 32.5 Å². The number of alkyl halides is 4. The molecule has 0 saturated carbocycles. The van der Waals surface area contributed by atoms with Crippen LogP contribution in [-0.2, 0) is 9.53 Å². The largest absolute Gasteiger partial charge is 1.00 e. The Balaban J connectivity index is 0. The first-order chi connectivity index (χ1) is 9.05. The average Bonchev–Trinajstić information content (AvgIpc) is 2.26. The van der Waals surface area contributed by atoms with Crippen LogP contribution in [0, 0.1) is 0 Å². The summed E-state index contributed by atoms with van der Waals surface area (Å²) in [7, 11) is 5.28. The van der Waals surface area contributed by atoms with Gasteiger partial charge in [-0.3, -0.25) is 0 Å². The molecule has 0 bridgehead atoms. The molecule has 0 radical (unpaired) electrons. The molecule has 0 saturated heterocycles. The third-order valence-corrected chi connectivity index (χ3v) is 2.17. The van der Waals surface area contributed by atoms with Gasteiger partial charge in [0.05, 0.1) is 6.61 Å². The van der Waals surface area contributed by atoms with E-state index in [9.17, 15) is 22.4 Å². The van der Waals surface area contributed by atoms with Crippen LogP contribution < -0.4 is 12.4 Å². The number of esters is 1. The van der Waals surface area contributed by atoms with Crippen LogP contribution in [0.25, 0.3) is 0 Å². The quantitative estimate of drug-likeness (QED) is 0.197. The molecule has 0 aliphatic rings. The van der Waals surface area contributed by atoms with Gasteiger partial charge in [-0.05, 0) is 6.92 Å². The van der Waals surface area contributed by atoms with E-state index in [1.54, 1.807) is 0 Å². The van der Waals surface area contributed by atoms with Crippen LogP contribution in [0.4, 0.5) is 17.6 Å². The van der Waals surface area contributed by atoms with E-state index in [1.807, 2.05) is 0 Å². The molecule has 0 unspecified atom stereocenters. The van der Waals surface area contributed by atoms with E-state index in [2.05, 4.69) is 4.74 Å². The Hall–Kier alpha value is -1.31. The van der Waals surface area contributed by atoms with Crippen molar-refractivity contribution in [3.05, 3.63) is 11.8 Å². The first kappa shape index (κ1) is 22.0. The van der Waals surface area contributed by atoms with Crippen LogP contribution in [0.15, 0.2) is 11.8 Å². The highest BCUT2D eigenvalue weighted by molar-refractivity contribution is 6.20. The van der Waals surface area contributed by atoms with Gasteiger partial charge in [0.25, 0.3) is 5.71 Å². The molecule has 0 rings (SSSR count). The molecule has 0 aliphatic heterocycles. The van der Waals surface area contributed by atoms with Crippen molar-refractivity contribution in [2.75, 3.05) is 34.8 Å². The molecule has 0 fully saturated rings. The minimum Gasteiger partial charge on any atom is -1.00 e. The van der Waals surface area contributed by atoms with Gasteiger partial charge in [-0.15, -0.1) is 0 Å². The van der Waals surface area contributed by atoms with Crippen molar-refractivity contribution in [1.82, 2.24) is 4.90 Å². The lowest BCUT2D eigenvalue weighted by atomic mass is 10.0. The summed E-state index contributed by atoms with van der Waals surface area (Å²) >= 11 is 0. The van der Waals surface area contributed by atoms with Crippen molar-refractivity contribution in [1.29, 1.82) is 0 Å². The summed E-state index contributed by atoms with van der Waals surface area (Å²) in [6.07, 6.45) is -2.90. The maximum Gasteiger partial charge on any atom is 0.389 e. The predicted molar refractivity (Wildman–Crippen MR) is 66.5 cm³/mol. The maximum atomic E-state index is 13.7. The van der Waals surface area contributed by atoms with Gasteiger partial charge in [-0.1, -0.05) is 0 Å². The average molecular weight is 335 g/mol. The molecule has 0 aromatic rings. The van der Waals surface area contributed by atoms with Crippen LogP contribution in [-0.4, -0.2) is 68.3 Å². The Labute approximate surface area is 127 Å². The third kappa shape index (κ3) is 5.91. The van der Waals surface area contributed by atoms with Gasteiger partial charge in [-0.2, -0.15) is 8.78 Å². The maximum absolute atomic E-state index is 13.7. The normalized spacial score (nSPS) is 11.8. The minimum absolute atomic E-state index is 0. The molecule has 0 aliphatic carbocycles. The van der Waals surface area contributed by atoms with E-state index in [4.69, 9.17) is 0 Å². The molecule has 0 aromatic carbocycles. The lowest BCUT2D eigenvalue weighted by molar-refractivity contribution is -0.471. The lowest BCUT2D eigenvalue weighted by Crippen LogP contribution is -3.00. The number of carbonyl (C=O) groups is 1. The van der Waals surface area contributed by atoms with Gasteiger partial charge in [0.15, 0.2) is 0 Å². The summed E-state index contributed by atoms with van der Waals surface area (Å²) in [6, 6.07) is 0. The monoisotopic (exact) mass is 334 g/mol. The number of hydrogen-bond donors (Lipinski definition) is 0. The fraction of sp³-hybridized carbons (Fsp3) is 0.667. The molecule has 21 heavy (non-hydrogen) atoms. The fourth-order valence-electron chi connectivity index (χ4n) is 1.50.